The lowest BCUT2D eigenvalue weighted by molar-refractivity contribution is 0.825. The normalized spacial score (nSPS) is 11.3. The summed E-state index contributed by atoms with van der Waals surface area (Å²) < 4.78 is 1.59. The van der Waals surface area contributed by atoms with Gasteiger partial charge >= 0.3 is 0 Å². The Balaban J connectivity index is 2.62. The van der Waals surface area contributed by atoms with Gasteiger partial charge in [-0.3, -0.25) is 0 Å². The zero-order chi connectivity index (χ0) is 7.97. The van der Waals surface area contributed by atoms with Crippen molar-refractivity contribution in [2.24, 2.45) is 0 Å². The highest BCUT2D eigenvalue weighted by Gasteiger charge is 2.00. The molecular formula is C6H4N6. The fraction of sp³-hybridized carbons (Fsp3) is 0. The van der Waals surface area contributed by atoms with E-state index >= 15 is 0 Å². The van der Waals surface area contributed by atoms with E-state index in [-0.39, 0.29) is 0 Å². The van der Waals surface area contributed by atoms with Gasteiger partial charge < -0.3 is 4.98 Å². The van der Waals surface area contributed by atoms with E-state index in [2.05, 4.69) is 25.5 Å². The van der Waals surface area contributed by atoms with Crippen molar-refractivity contribution in [3.8, 4) is 0 Å². The minimum Gasteiger partial charge on any atom is -0.344 e. The van der Waals surface area contributed by atoms with Gasteiger partial charge in [0, 0.05) is 6.07 Å². The highest BCUT2D eigenvalue weighted by Crippen LogP contribution is 2.09. The monoisotopic (exact) mass is 160 g/mol. The minimum absolute atomic E-state index is 0.715. The van der Waals surface area contributed by atoms with Crippen molar-refractivity contribution in [1.82, 2.24) is 30.0 Å². The van der Waals surface area contributed by atoms with E-state index in [1.54, 1.807) is 17.0 Å². The molecular weight excluding hydrogens is 156 g/mol. The van der Waals surface area contributed by atoms with Crippen molar-refractivity contribution in [1.29, 1.82) is 0 Å². The number of nitrogens with zero attached hydrogens (tertiary/aromatic N) is 5. The van der Waals surface area contributed by atoms with Gasteiger partial charge in [0.1, 0.15) is 5.52 Å². The largest absolute Gasteiger partial charge is 0.344 e. The Kier molecular flexibility index (Phi) is 0.840. The molecule has 1 N–H and O–H groups in total. The molecule has 3 rings (SSSR count). The van der Waals surface area contributed by atoms with Crippen molar-refractivity contribution < 1.29 is 0 Å². The molecule has 3 aromatic heterocycles. The second kappa shape index (κ2) is 1.79. The number of fused-ring (bicyclic) bond motifs is 2. The van der Waals surface area contributed by atoms with E-state index in [1.165, 1.54) is 0 Å². The first-order chi connectivity index (χ1) is 5.93. The number of hydrogen-bond acceptors (Lipinski definition) is 4. The average Bonchev–Trinajstić information content (AvgIpc) is 2.64. The maximum absolute atomic E-state index is 4.08. The Morgan fingerprint density at radius 3 is 3.42 bits per heavy atom. The van der Waals surface area contributed by atoms with Crippen LogP contribution in [0.4, 0.5) is 0 Å². The molecule has 0 amide bonds. The molecule has 0 spiro atoms. The SMILES string of the molecule is c1nc2cn3nnnc3cc2[nH]1. The predicted octanol–water partition coefficient (Wildman–Crippen LogP) is 0.000600. The van der Waals surface area contributed by atoms with Crippen LogP contribution in [0.2, 0.25) is 0 Å². The summed E-state index contributed by atoms with van der Waals surface area (Å²) in [5, 5.41) is 11.1. The Hall–Kier alpha value is -1.98. The summed E-state index contributed by atoms with van der Waals surface area (Å²) in [6.07, 6.45) is 3.42. The molecule has 0 radical (unpaired) electrons. The van der Waals surface area contributed by atoms with E-state index in [0.717, 1.165) is 11.0 Å². The van der Waals surface area contributed by atoms with Crippen LogP contribution in [-0.4, -0.2) is 30.0 Å². The molecule has 0 saturated heterocycles. The van der Waals surface area contributed by atoms with Crippen molar-refractivity contribution in [2.75, 3.05) is 0 Å². The van der Waals surface area contributed by atoms with Gasteiger partial charge in [0.25, 0.3) is 0 Å². The molecule has 6 nitrogen and oxygen atoms in total. The fourth-order valence-electron chi connectivity index (χ4n) is 1.17. The van der Waals surface area contributed by atoms with Crippen LogP contribution in [-0.2, 0) is 0 Å². The molecule has 0 aliphatic heterocycles. The number of rotatable bonds is 0. The molecule has 0 aliphatic rings. The van der Waals surface area contributed by atoms with Gasteiger partial charge in [0.05, 0.1) is 18.0 Å². The van der Waals surface area contributed by atoms with Gasteiger partial charge in [-0.25, -0.2) is 4.98 Å². The van der Waals surface area contributed by atoms with Crippen molar-refractivity contribution >= 4 is 16.7 Å². The van der Waals surface area contributed by atoms with E-state index in [4.69, 9.17) is 0 Å². The topological polar surface area (TPSA) is 71.8 Å². The lowest BCUT2D eigenvalue weighted by Crippen LogP contribution is -1.86. The number of hydrogen-bond donors (Lipinski definition) is 1. The molecule has 0 unspecified atom stereocenters. The molecule has 3 heterocycles. The fourth-order valence-corrected chi connectivity index (χ4v) is 1.17. The summed E-state index contributed by atoms with van der Waals surface area (Å²) in [6, 6.07) is 1.85. The summed E-state index contributed by atoms with van der Waals surface area (Å²) in [4.78, 5) is 7.06. The summed E-state index contributed by atoms with van der Waals surface area (Å²) >= 11 is 0. The number of aromatic amines is 1. The van der Waals surface area contributed by atoms with Crippen LogP contribution >= 0.6 is 0 Å². The van der Waals surface area contributed by atoms with Gasteiger partial charge in [-0.1, -0.05) is 0 Å². The number of pyridine rings is 1. The molecule has 12 heavy (non-hydrogen) atoms. The lowest BCUT2D eigenvalue weighted by atomic mass is 10.4. The lowest BCUT2D eigenvalue weighted by Gasteiger charge is -1.88. The van der Waals surface area contributed by atoms with Crippen LogP contribution in [0.1, 0.15) is 0 Å². The van der Waals surface area contributed by atoms with E-state index in [1.807, 2.05) is 6.07 Å². The number of H-pyrrole nitrogens is 1. The smallest absolute Gasteiger partial charge is 0.181 e. The summed E-state index contributed by atoms with van der Waals surface area (Å²) in [5.74, 6) is 0. The summed E-state index contributed by atoms with van der Waals surface area (Å²) in [5.41, 5.74) is 2.51. The predicted molar refractivity (Wildman–Crippen MR) is 40.4 cm³/mol. The van der Waals surface area contributed by atoms with Crippen LogP contribution in [0, 0.1) is 0 Å². The highest BCUT2D eigenvalue weighted by molar-refractivity contribution is 5.76. The average molecular weight is 160 g/mol. The number of aromatic nitrogens is 6. The number of imidazole rings is 1. The third-order valence-corrected chi connectivity index (χ3v) is 1.74. The molecule has 58 valence electrons. The minimum atomic E-state index is 0.715. The molecule has 0 aliphatic carbocycles. The van der Waals surface area contributed by atoms with Crippen molar-refractivity contribution in [2.45, 2.75) is 0 Å². The van der Waals surface area contributed by atoms with Crippen LogP contribution in [0.25, 0.3) is 16.7 Å². The Morgan fingerprint density at radius 2 is 2.42 bits per heavy atom. The first-order valence-electron chi connectivity index (χ1n) is 3.44. The highest BCUT2D eigenvalue weighted by atomic mass is 15.5. The summed E-state index contributed by atoms with van der Waals surface area (Å²) in [6.45, 7) is 0. The molecule has 0 atom stereocenters. The van der Waals surface area contributed by atoms with Crippen molar-refractivity contribution in [3.63, 3.8) is 0 Å². The third kappa shape index (κ3) is 0.584. The van der Waals surface area contributed by atoms with Crippen molar-refractivity contribution in [3.05, 3.63) is 18.6 Å². The van der Waals surface area contributed by atoms with Gasteiger partial charge in [-0.15, -0.1) is 5.10 Å². The Labute approximate surface area is 66.2 Å². The van der Waals surface area contributed by atoms with E-state index < -0.39 is 0 Å². The number of nitrogens with one attached hydrogen (secondary N) is 1. The standard InChI is InChI=1S/C6H4N6/c1-4-5(8-3-7-4)2-12-6(1)9-10-11-12/h1-3H,(H,7,8). The van der Waals surface area contributed by atoms with Crippen LogP contribution < -0.4 is 0 Å². The summed E-state index contributed by atoms with van der Waals surface area (Å²) in [7, 11) is 0. The van der Waals surface area contributed by atoms with Gasteiger partial charge in [-0.05, 0) is 10.4 Å². The Morgan fingerprint density at radius 1 is 1.42 bits per heavy atom. The zero-order valence-corrected chi connectivity index (χ0v) is 5.97. The maximum Gasteiger partial charge on any atom is 0.181 e. The quantitative estimate of drug-likeness (QED) is 0.502. The van der Waals surface area contributed by atoms with Gasteiger partial charge in [0.2, 0.25) is 0 Å². The molecule has 6 heteroatoms. The van der Waals surface area contributed by atoms with Gasteiger partial charge in [-0.2, -0.15) is 4.52 Å². The van der Waals surface area contributed by atoms with E-state index in [9.17, 15) is 0 Å². The van der Waals surface area contributed by atoms with Crippen LogP contribution in [0.3, 0.4) is 0 Å². The first kappa shape index (κ1) is 5.64. The Bertz CT molecular complexity index is 444. The molecule has 3 aromatic rings. The third-order valence-electron chi connectivity index (χ3n) is 1.74. The molecule has 0 saturated carbocycles. The first-order valence-corrected chi connectivity index (χ1v) is 3.44. The van der Waals surface area contributed by atoms with Crippen LogP contribution in [0.15, 0.2) is 18.6 Å². The molecule has 0 fully saturated rings. The van der Waals surface area contributed by atoms with Crippen LogP contribution in [0.5, 0.6) is 0 Å². The maximum atomic E-state index is 4.08. The second-order valence-corrected chi connectivity index (χ2v) is 2.46. The van der Waals surface area contributed by atoms with E-state index in [0.29, 0.717) is 5.65 Å². The number of tetrazole rings is 1. The zero-order valence-electron chi connectivity index (χ0n) is 5.97. The van der Waals surface area contributed by atoms with Gasteiger partial charge in [0.15, 0.2) is 5.65 Å². The molecule has 0 aromatic carbocycles. The molecule has 0 bridgehead atoms. The second-order valence-electron chi connectivity index (χ2n) is 2.46.